The van der Waals surface area contributed by atoms with Crippen molar-refractivity contribution in [2.45, 2.75) is 63.5 Å². The van der Waals surface area contributed by atoms with E-state index in [2.05, 4.69) is 4.57 Å². The fourth-order valence-corrected chi connectivity index (χ4v) is 5.71. The van der Waals surface area contributed by atoms with Crippen molar-refractivity contribution in [2.75, 3.05) is 25.2 Å². The Morgan fingerprint density at radius 2 is 1.89 bits per heavy atom. The second-order valence-corrected chi connectivity index (χ2v) is 9.99. The first kappa shape index (κ1) is 26.1. The molecule has 0 radical (unpaired) electrons. The van der Waals surface area contributed by atoms with E-state index in [1.54, 1.807) is 4.90 Å². The number of carbonyl (C=O) groups is 2. The number of anilines is 1. The lowest BCUT2D eigenvalue weighted by Gasteiger charge is -2.34. The standard InChI is InChI=1S/C28H31F2N3O5/c1-16-5-10-20-22(32(16)28(36)37-2)11-12-23-25(20)31-24(33(23)19-4-3-13-38-15-19)14-21(27(34)35)17-6-8-18(9-7-17)26(29)30/h6-9,11-12,16,19,21,26H,3-5,10,13-15H2,1-2H3,(H,34,35). The quantitative estimate of drug-likeness (QED) is 0.446. The number of carboxylic acids is 1. The van der Waals surface area contributed by atoms with Crippen LogP contribution in [0.5, 0.6) is 0 Å². The fourth-order valence-electron chi connectivity index (χ4n) is 5.71. The number of ether oxygens (including phenoxy) is 2. The van der Waals surface area contributed by atoms with Crippen LogP contribution in [-0.4, -0.2) is 53.1 Å². The average molecular weight is 528 g/mol. The molecule has 3 heterocycles. The number of amides is 1. The lowest BCUT2D eigenvalue weighted by molar-refractivity contribution is -0.138. The summed E-state index contributed by atoms with van der Waals surface area (Å²) in [4.78, 5) is 31.6. The molecule has 0 saturated carbocycles. The lowest BCUT2D eigenvalue weighted by atomic mass is 9.94. The molecule has 10 heteroatoms. The summed E-state index contributed by atoms with van der Waals surface area (Å²) in [5, 5.41) is 10.1. The summed E-state index contributed by atoms with van der Waals surface area (Å²) >= 11 is 0. The molecule has 3 atom stereocenters. The van der Waals surface area contributed by atoms with E-state index in [0.717, 1.165) is 48.0 Å². The van der Waals surface area contributed by atoms with E-state index in [1.807, 2.05) is 19.1 Å². The Bertz CT molecular complexity index is 1330. The van der Waals surface area contributed by atoms with Gasteiger partial charge in [-0.2, -0.15) is 0 Å². The number of aliphatic carboxylic acids is 1. The van der Waals surface area contributed by atoms with Crippen molar-refractivity contribution < 1.29 is 33.0 Å². The second kappa shape index (κ2) is 10.7. The summed E-state index contributed by atoms with van der Waals surface area (Å²) in [6.07, 6.45) is 0.222. The summed E-state index contributed by atoms with van der Waals surface area (Å²) < 4.78 is 39.0. The van der Waals surface area contributed by atoms with Gasteiger partial charge in [0.15, 0.2) is 0 Å². The minimum atomic E-state index is -2.62. The number of hydrogen-bond donors (Lipinski definition) is 1. The highest BCUT2D eigenvalue weighted by molar-refractivity contribution is 5.95. The van der Waals surface area contributed by atoms with Crippen molar-refractivity contribution in [1.82, 2.24) is 9.55 Å². The maximum absolute atomic E-state index is 13.1. The number of rotatable bonds is 6. The first-order valence-corrected chi connectivity index (χ1v) is 12.9. The molecule has 3 aromatic rings. The number of fused-ring (bicyclic) bond motifs is 3. The number of aromatic nitrogens is 2. The lowest BCUT2D eigenvalue weighted by Crippen LogP contribution is -2.42. The number of imidazole rings is 1. The summed E-state index contributed by atoms with van der Waals surface area (Å²) in [6.45, 7) is 3.14. The van der Waals surface area contributed by atoms with Crippen molar-refractivity contribution in [3.05, 3.63) is 58.9 Å². The predicted molar refractivity (Wildman–Crippen MR) is 137 cm³/mol. The molecule has 2 aliphatic heterocycles. The van der Waals surface area contributed by atoms with Gasteiger partial charge in [0.25, 0.3) is 6.43 Å². The van der Waals surface area contributed by atoms with Gasteiger partial charge in [0.05, 0.1) is 42.4 Å². The third kappa shape index (κ3) is 4.73. The number of carbonyl (C=O) groups excluding carboxylic acids is 1. The molecule has 1 N–H and O–H groups in total. The number of benzene rings is 2. The zero-order valence-corrected chi connectivity index (χ0v) is 21.4. The Hall–Kier alpha value is -3.53. The van der Waals surface area contributed by atoms with Gasteiger partial charge in [0.1, 0.15) is 5.82 Å². The summed E-state index contributed by atoms with van der Waals surface area (Å²) in [7, 11) is 1.36. The molecule has 1 aromatic heterocycles. The van der Waals surface area contributed by atoms with E-state index in [-0.39, 0.29) is 24.1 Å². The zero-order chi connectivity index (χ0) is 27.0. The number of methoxy groups -OCH3 is 1. The third-order valence-electron chi connectivity index (χ3n) is 7.68. The van der Waals surface area contributed by atoms with E-state index in [4.69, 9.17) is 14.5 Å². The minimum Gasteiger partial charge on any atom is -0.481 e. The molecule has 0 bridgehead atoms. The van der Waals surface area contributed by atoms with E-state index in [0.29, 0.717) is 24.6 Å². The topological polar surface area (TPSA) is 93.9 Å². The number of hydrogen-bond acceptors (Lipinski definition) is 5. The van der Waals surface area contributed by atoms with Crippen LogP contribution in [0.1, 0.15) is 67.1 Å². The SMILES string of the molecule is COC(=O)N1c2ccc3c(nc(CC(C(=O)O)c4ccc(C(F)F)cc4)n3C3CCCOC3)c2CCC1C. The smallest absolute Gasteiger partial charge is 0.414 e. The zero-order valence-electron chi connectivity index (χ0n) is 21.4. The highest BCUT2D eigenvalue weighted by Gasteiger charge is 2.33. The Balaban J connectivity index is 1.62. The molecular weight excluding hydrogens is 496 g/mol. The first-order chi connectivity index (χ1) is 18.3. The highest BCUT2D eigenvalue weighted by Crippen LogP contribution is 2.39. The Kier molecular flexibility index (Phi) is 7.34. The van der Waals surface area contributed by atoms with Gasteiger partial charge in [0.2, 0.25) is 0 Å². The van der Waals surface area contributed by atoms with E-state index in [9.17, 15) is 23.5 Å². The summed E-state index contributed by atoms with van der Waals surface area (Å²) in [5.74, 6) is -1.43. The van der Waals surface area contributed by atoms with Crippen LogP contribution in [-0.2, 0) is 27.1 Å². The Labute approximate surface area is 219 Å². The maximum Gasteiger partial charge on any atom is 0.414 e. The van der Waals surface area contributed by atoms with Crippen LogP contribution in [0.2, 0.25) is 0 Å². The third-order valence-corrected chi connectivity index (χ3v) is 7.68. The maximum atomic E-state index is 13.1. The van der Waals surface area contributed by atoms with Gasteiger partial charge >= 0.3 is 12.1 Å². The molecule has 1 saturated heterocycles. The van der Waals surface area contributed by atoms with Crippen molar-refractivity contribution in [1.29, 1.82) is 0 Å². The molecule has 0 aliphatic carbocycles. The normalized spacial score (nSPS) is 20.4. The molecule has 1 fully saturated rings. The monoisotopic (exact) mass is 527 g/mol. The fraction of sp³-hybridized carbons (Fsp3) is 0.464. The van der Waals surface area contributed by atoms with E-state index < -0.39 is 24.4 Å². The van der Waals surface area contributed by atoms with Gasteiger partial charge in [-0.1, -0.05) is 24.3 Å². The first-order valence-electron chi connectivity index (χ1n) is 12.9. The molecule has 2 aliphatic rings. The largest absolute Gasteiger partial charge is 0.481 e. The number of halogens is 2. The van der Waals surface area contributed by atoms with Gasteiger partial charge in [-0.3, -0.25) is 9.69 Å². The van der Waals surface area contributed by atoms with Crippen LogP contribution < -0.4 is 4.90 Å². The van der Waals surface area contributed by atoms with Crippen LogP contribution in [0.15, 0.2) is 36.4 Å². The van der Waals surface area contributed by atoms with Crippen LogP contribution >= 0.6 is 0 Å². The van der Waals surface area contributed by atoms with Crippen molar-refractivity contribution in [2.24, 2.45) is 0 Å². The molecule has 38 heavy (non-hydrogen) atoms. The number of nitrogens with zero attached hydrogens (tertiary/aromatic N) is 3. The molecule has 0 spiro atoms. The number of aryl methyl sites for hydroxylation is 1. The Morgan fingerprint density at radius 1 is 1.16 bits per heavy atom. The van der Waals surface area contributed by atoms with Gasteiger partial charge in [-0.15, -0.1) is 0 Å². The molecule has 8 nitrogen and oxygen atoms in total. The van der Waals surface area contributed by atoms with Gasteiger partial charge in [-0.25, -0.2) is 18.6 Å². The van der Waals surface area contributed by atoms with Crippen molar-refractivity contribution in [3.63, 3.8) is 0 Å². The molecule has 1 amide bonds. The van der Waals surface area contributed by atoms with Crippen LogP contribution in [0.4, 0.5) is 19.3 Å². The van der Waals surface area contributed by atoms with Gasteiger partial charge in [0, 0.05) is 30.2 Å². The van der Waals surface area contributed by atoms with Gasteiger partial charge in [-0.05, 0) is 50.3 Å². The van der Waals surface area contributed by atoms with Crippen LogP contribution in [0.25, 0.3) is 11.0 Å². The number of alkyl halides is 2. The van der Waals surface area contributed by atoms with Crippen molar-refractivity contribution >= 4 is 28.8 Å². The van der Waals surface area contributed by atoms with E-state index >= 15 is 0 Å². The summed E-state index contributed by atoms with van der Waals surface area (Å²) in [5.41, 5.74) is 3.56. The highest BCUT2D eigenvalue weighted by atomic mass is 19.3. The molecular formula is C28H31F2N3O5. The molecule has 202 valence electrons. The Morgan fingerprint density at radius 3 is 2.53 bits per heavy atom. The molecule has 2 aromatic carbocycles. The summed E-state index contributed by atoms with van der Waals surface area (Å²) in [6, 6.07) is 9.24. The molecule has 3 unspecified atom stereocenters. The van der Waals surface area contributed by atoms with Crippen LogP contribution in [0.3, 0.4) is 0 Å². The van der Waals surface area contributed by atoms with E-state index in [1.165, 1.54) is 31.4 Å². The molecule has 5 rings (SSSR count). The predicted octanol–water partition coefficient (Wildman–Crippen LogP) is 5.64. The van der Waals surface area contributed by atoms with Gasteiger partial charge < -0.3 is 19.1 Å². The second-order valence-electron chi connectivity index (χ2n) is 9.99. The number of carboxylic acid groups (broad SMARTS) is 1. The average Bonchev–Trinajstić information content (AvgIpc) is 3.30. The van der Waals surface area contributed by atoms with Crippen molar-refractivity contribution in [3.8, 4) is 0 Å². The minimum absolute atomic E-state index is 0.0170. The van der Waals surface area contributed by atoms with Crippen LogP contribution in [0, 0.1) is 0 Å².